The zero-order chi connectivity index (χ0) is 51.2. The fourth-order valence-electron chi connectivity index (χ4n) is 11.8. The Morgan fingerprint density at radius 1 is 0.375 bits per heavy atom. The van der Waals surface area contributed by atoms with Crippen molar-refractivity contribution in [3.63, 3.8) is 0 Å². The molecule has 0 fully saturated rings. The number of unbranched alkanes of at least 4 members (excludes halogenated alkanes) is 24. The number of rotatable bonds is 38. The monoisotopic (exact) mass is 1110 g/mol. The summed E-state index contributed by atoms with van der Waals surface area (Å²) in [6.45, 7) is 14.0. The summed E-state index contributed by atoms with van der Waals surface area (Å²) in [4.78, 5) is 64.1. The molecular weight excluding hydrogens is 1020 g/mol. The van der Waals surface area contributed by atoms with Crippen LogP contribution < -0.4 is 0 Å². The molecule has 2 unspecified atom stereocenters. The Balaban J connectivity index is 1.33. The summed E-state index contributed by atoms with van der Waals surface area (Å²) in [6.07, 6.45) is 38.7. The molecule has 72 heavy (non-hydrogen) atoms. The summed E-state index contributed by atoms with van der Waals surface area (Å²) in [7, 11) is 0. The molecule has 6 nitrogen and oxygen atoms in total. The third-order valence-corrected chi connectivity index (χ3v) is 21.3. The van der Waals surface area contributed by atoms with Gasteiger partial charge in [0.2, 0.25) is 0 Å². The minimum atomic E-state index is -0.272. The zero-order valence-corrected chi connectivity index (χ0v) is 49.4. The Labute approximate surface area is 449 Å². The van der Waals surface area contributed by atoms with Gasteiger partial charge in [0.1, 0.15) is 0 Å². The van der Waals surface area contributed by atoms with Gasteiger partial charge in [-0.05, 0) is 0 Å². The molecule has 396 valence electrons. The Bertz CT molecular complexity index is 2340. The molecule has 4 amide bonds. The predicted octanol–water partition coefficient (Wildman–Crippen LogP) is 17.9. The number of carbonyl (C=O) groups excluding carboxylic acids is 4. The second-order valence-electron chi connectivity index (χ2n) is 22.1. The van der Waals surface area contributed by atoms with Gasteiger partial charge >= 0.3 is 334 Å². The second kappa shape index (κ2) is 31.1. The van der Waals surface area contributed by atoms with Gasteiger partial charge in [0.15, 0.2) is 0 Å². The van der Waals surface area contributed by atoms with E-state index in [-0.39, 0.29) is 64.5 Å². The van der Waals surface area contributed by atoms with E-state index in [0.29, 0.717) is 51.7 Å². The van der Waals surface area contributed by atoms with Crippen molar-refractivity contribution in [1.82, 2.24) is 9.80 Å². The maximum absolute atomic E-state index is 15.5. The number of imide groups is 2. The van der Waals surface area contributed by atoms with Crippen LogP contribution >= 0.6 is 0 Å². The molecule has 2 aromatic carbocycles. The van der Waals surface area contributed by atoms with Crippen LogP contribution in [0.3, 0.4) is 0 Å². The van der Waals surface area contributed by atoms with Gasteiger partial charge in [-0.2, -0.15) is 0 Å². The number of hydrogen-bond acceptors (Lipinski definition) is 4. The Morgan fingerprint density at radius 3 is 1.14 bits per heavy atom. The van der Waals surface area contributed by atoms with Crippen molar-refractivity contribution in [2.75, 3.05) is 13.1 Å². The molecular formula is C64H94N2O4Se2. The van der Waals surface area contributed by atoms with Gasteiger partial charge in [0.05, 0.1) is 0 Å². The van der Waals surface area contributed by atoms with E-state index in [1.165, 1.54) is 167 Å². The number of hydrogen-bond donors (Lipinski definition) is 0. The molecule has 0 aliphatic carbocycles. The van der Waals surface area contributed by atoms with E-state index in [1.54, 1.807) is 9.80 Å². The molecule has 2 aromatic heterocycles. The van der Waals surface area contributed by atoms with Gasteiger partial charge in [-0.15, -0.1) is 0 Å². The summed E-state index contributed by atoms with van der Waals surface area (Å²) in [6, 6.07) is 12.8. The van der Waals surface area contributed by atoms with E-state index in [4.69, 9.17) is 0 Å². The molecule has 4 aromatic rings. The van der Waals surface area contributed by atoms with Crippen LogP contribution in [0.1, 0.15) is 285 Å². The summed E-state index contributed by atoms with van der Waals surface area (Å²) in [5, 5.41) is 1.05. The van der Waals surface area contributed by atoms with E-state index < -0.39 is 0 Å². The molecule has 0 bridgehead atoms. The molecule has 2 atom stereocenters. The van der Waals surface area contributed by atoms with Crippen LogP contribution in [0.5, 0.6) is 0 Å². The summed E-state index contributed by atoms with van der Waals surface area (Å²) >= 11 is 0.183. The molecule has 0 saturated heterocycles. The third-order valence-electron chi connectivity index (χ3n) is 16.1. The first kappa shape index (κ1) is 58.2. The Morgan fingerprint density at radius 2 is 0.722 bits per heavy atom. The molecule has 0 spiro atoms. The fraction of sp³-hybridized carbons (Fsp3) is 0.656. The zero-order valence-electron chi connectivity index (χ0n) is 46.0. The maximum atomic E-state index is 15.5. The number of aryl methyl sites for hydroxylation is 2. The fourth-order valence-corrected chi connectivity index (χ4v) is 16.3. The Kier molecular flexibility index (Phi) is 25.2. The van der Waals surface area contributed by atoms with Crippen molar-refractivity contribution >= 4 is 63.4 Å². The van der Waals surface area contributed by atoms with E-state index >= 15 is 19.2 Å². The van der Waals surface area contributed by atoms with Gasteiger partial charge in [-0.1, -0.05) is 118 Å². The standard InChI is InChI=1S/C64H94N2O4Se2/c1-7-11-15-19-23-25-29-33-37-49(35-31-27-21-17-13-9-3)45-65-62(68)53-44-51(54-41-42-56(72-54)55-40-39-48(6)71-55)60-59-52(43-47(5)57(58(53)59)63(65)69)61(67)66(64(60)70)46-50(36-32-28-22-18-14-10-4)38-34-30-26-24-20-16-12-8-2/h39-44,49-50H,7-38,45-46H2,1-6H3. The van der Waals surface area contributed by atoms with Crippen LogP contribution in [0.4, 0.5) is 0 Å². The SMILES string of the molecule is CCCCCCCCCCC(CCCCCCCC)CN1C(=O)c2cc(-c3ccc(-c4ccc(C)[se]4)[se]3)c3c4c(cc(C)c(c24)C1=O)C(=O)N(CC(CCCCCCCC)CCCCCCCCCC)C3=O. The van der Waals surface area contributed by atoms with Crippen LogP contribution in [-0.4, -0.2) is 75.5 Å². The predicted molar refractivity (Wildman–Crippen MR) is 306 cm³/mol. The van der Waals surface area contributed by atoms with Gasteiger partial charge in [0.25, 0.3) is 0 Å². The van der Waals surface area contributed by atoms with E-state index in [1.807, 2.05) is 19.1 Å². The van der Waals surface area contributed by atoms with Crippen molar-refractivity contribution in [3.8, 4) is 18.9 Å². The van der Waals surface area contributed by atoms with Gasteiger partial charge in [-0.3, -0.25) is 0 Å². The summed E-state index contributed by atoms with van der Waals surface area (Å²) < 4.78 is 5.17. The van der Waals surface area contributed by atoms with Crippen LogP contribution in [0.25, 0.3) is 29.6 Å². The quantitative estimate of drug-likeness (QED) is 0.0255. The molecule has 2 aliphatic rings. The number of amides is 4. The summed E-state index contributed by atoms with van der Waals surface area (Å²) in [5.74, 6) is -0.607. The molecule has 8 heteroatoms. The van der Waals surface area contributed by atoms with Crippen LogP contribution in [0, 0.1) is 25.7 Å². The third kappa shape index (κ3) is 16.0. The normalized spacial score (nSPS) is 14.4. The van der Waals surface area contributed by atoms with Crippen LogP contribution in [-0.2, 0) is 0 Å². The first-order valence-electron chi connectivity index (χ1n) is 29.7. The number of benzene rings is 2. The molecule has 0 N–H and O–H groups in total. The van der Waals surface area contributed by atoms with E-state index in [0.717, 1.165) is 61.4 Å². The molecule has 0 saturated carbocycles. The minimum absolute atomic E-state index is 0.0918. The molecule has 4 heterocycles. The molecule has 0 radical (unpaired) electrons. The van der Waals surface area contributed by atoms with Gasteiger partial charge in [-0.25, -0.2) is 0 Å². The van der Waals surface area contributed by atoms with Crippen molar-refractivity contribution in [3.05, 3.63) is 68.7 Å². The van der Waals surface area contributed by atoms with Crippen LogP contribution in [0.15, 0.2) is 36.4 Å². The first-order chi connectivity index (χ1) is 35.1. The average Bonchev–Trinajstić information content (AvgIpc) is 4.05. The topological polar surface area (TPSA) is 74.8 Å². The molecule has 2 aliphatic heterocycles. The van der Waals surface area contributed by atoms with Crippen molar-refractivity contribution < 1.29 is 19.2 Å². The average molecular weight is 1110 g/mol. The van der Waals surface area contributed by atoms with Gasteiger partial charge < -0.3 is 0 Å². The number of nitrogens with zero attached hydrogens (tertiary/aromatic N) is 2. The van der Waals surface area contributed by atoms with E-state index in [2.05, 4.69) is 58.9 Å². The van der Waals surface area contributed by atoms with E-state index in [9.17, 15) is 0 Å². The summed E-state index contributed by atoms with van der Waals surface area (Å²) in [5.41, 5.74) is 3.45. The molecule has 6 rings (SSSR count). The van der Waals surface area contributed by atoms with Crippen LogP contribution in [0.2, 0.25) is 0 Å². The van der Waals surface area contributed by atoms with Crippen molar-refractivity contribution in [2.45, 2.75) is 247 Å². The van der Waals surface area contributed by atoms with Crippen molar-refractivity contribution in [1.29, 1.82) is 0 Å². The number of carbonyl (C=O) groups is 4. The second-order valence-corrected chi connectivity index (χ2v) is 27.1. The van der Waals surface area contributed by atoms with Gasteiger partial charge in [0, 0.05) is 0 Å². The Hall–Kier alpha value is -3.02. The first-order valence-corrected chi connectivity index (χ1v) is 33.1. The van der Waals surface area contributed by atoms with Crippen molar-refractivity contribution in [2.24, 2.45) is 11.8 Å².